The van der Waals surface area contributed by atoms with Crippen LogP contribution in [-0.4, -0.2) is 26.3 Å². The second kappa shape index (κ2) is 7.54. The fraction of sp³-hybridized carbons (Fsp3) is 0.250. The van der Waals surface area contributed by atoms with Gasteiger partial charge in [-0.1, -0.05) is 48.5 Å². The van der Waals surface area contributed by atoms with E-state index in [4.69, 9.17) is 4.74 Å². The SMILES string of the molecule is Fc1ccccc1N1CCOCC1.c1ccccc1. The molecule has 0 spiro atoms. The van der Waals surface area contributed by atoms with Crippen molar-refractivity contribution in [1.29, 1.82) is 0 Å². The van der Waals surface area contributed by atoms with Gasteiger partial charge in [0.15, 0.2) is 0 Å². The molecule has 0 N–H and O–H groups in total. The van der Waals surface area contributed by atoms with Crippen molar-refractivity contribution >= 4 is 5.69 Å². The fourth-order valence-corrected chi connectivity index (χ4v) is 1.90. The summed E-state index contributed by atoms with van der Waals surface area (Å²) in [6.45, 7) is 2.94. The number of rotatable bonds is 1. The molecule has 1 saturated heterocycles. The molecule has 0 atom stereocenters. The molecule has 100 valence electrons. The maximum atomic E-state index is 13.3. The van der Waals surface area contributed by atoms with E-state index in [1.807, 2.05) is 47.4 Å². The van der Waals surface area contributed by atoms with Crippen LogP contribution in [0.25, 0.3) is 0 Å². The monoisotopic (exact) mass is 259 g/mol. The summed E-state index contributed by atoms with van der Waals surface area (Å²) in [5, 5.41) is 0. The van der Waals surface area contributed by atoms with Gasteiger partial charge in [0.1, 0.15) is 5.82 Å². The molecule has 0 bridgehead atoms. The van der Waals surface area contributed by atoms with Crippen LogP contribution in [0.1, 0.15) is 0 Å². The van der Waals surface area contributed by atoms with Gasteiger partial charge in [-0.2, -0.15) is 0 Å². The molecule has 1 aliphatic heterocycles. The lowest BCUT2D eigenvalue weighted by atomic mass is 10.2. The van der Waals surface area contributed by atoms with E-state index in [1.165, 1.54) is 6.07 Å². The zero-order valence-corrected chi connectivity index (χ0v) is 10.8. The van der Waals surface area contributed by atoms with Crippen molar-refractivity contribution in [3.8, 4) is 0 Å². The summed E-state index contributed by atoms with van der Waals surface area (Å²) in [6, 6.07) is 18.9. The molecule has 0 aliphatic carbocycles. The van der Waals surface area contributed by atoms with Gasteiger partial charge in [-0.25, -0.2) is 4.39 Å². The fourth-order valence-electron chi connectivity index (χ4n) is 1.90. The van der Waals surface area contributed by atoms with Crippen LogP contribution >= 0.6 is 0 Å². The molecule has 0 radical (unpaired) electrons. The molecule has 1 heterocycles. The van der Waals surface area contributed by atoms with Gasteiger partial charge in [-0.3, -0.25) is 0 Å². The minimum atomic E-state index is -0.149. The predicted molar refractivity (Wildman–Crippen MR) is 75.9 cm³/mol. The molecule has 3 rings (SSSR count). The topological polar surface area (TPSA) is 12.5 Å². The summed E-state index contributed by atoms with van der Waals surface area (Å²) in [7, 11) is 0. The van der Waals surface area contributed by atoms with Crippen LogP contribution in [0.4, 0.5) is 10.1 Å². The summed E-state index contributed by atoms with van der Waals surface area (Å²) in [6.07, 6.45) is 0. The second-order valence-electron chi connectivity index (χ2n) is 4.21. The van der Waals surface area contributed by atoms with Crippen LogP contribution in [0.3, 0.4) is 0 Å². The van der Waals surface area contributed by atoms with E-state index in [0.29, 0.717) is 18.9 Å². The molecule has 3 heteroatoms. The molecule has 2 nitrogen and oxygen atoms in total. The molecule has 2 aromatic rings. The number of hydrogen-bond acceptors (Lipinski definition) is 2. The third-order valence-corrected chi connectivity index (χ3v) is 2.87. The van der Waals surface area contributed by atoms with Crippen LogP contribution in [0, 0.1) is 5.82 Å². The van der Waals surface area contributed by atoms with Crippen molar-refractivity contribution in [2.45, 2.75) is 0 Å². The van der Waals surface area contributed by atoms with E-state index in [1.54, 1.807) is 12.1 Å². The highest BCUT2D eigenvalue weighted by Crippen LogP contribution is 2.19. The molecular weight excluding hydrogens is 241 g/mol. The Hall–Kier alpha value is -1.87. The van der Waals surface area contributed by atoms with Crippen molar-refractivity contribution in [2.75, 3.05) is 31.2 Å². The lowest BCUT2D eigenvalue weighted by molar-refractivity contribution is 0.122. The van der Waals surface area contributed by atoms with E-state index in [9.17, 15) is 4.39 Å². The van der Waals surface area contributed by atoms with Crippen LogP contribution < -0.4 is 4.90 Å². The Bertz CT molecular complexity index is 442. The van der Waals surface area contributed by atoms with Gasteiger partial charge in [0.05, 0.1) is 18.9 Å². The quantitative estimate of drug-likeness (QED) is 0.778. The van der Waals surface area contributed by atoms with E-state index in [2.05, 4.69) is 0 Å². The number of morpholine rings is 1. The predicted octanol–water partition coefficient (Wildman–Crippen LogP) is 3.35. The Morgan fingerprint density at radius 1 is 0.789 bits per heavy atom. The molecule has 1 fully saturated rings. The Balaban J connectivity index is 0.000000186. The Kier molecular flexibility index (Phi) is 5.38. The largest absolute Gasteiger partial charge is 0.378 e. The highest BCUT2D eigenvalue weighted by atomic mass is 19.1. The number of benzene rings is 2. The normalized spacial score (nSPS) is 14.5. The average molecular weight is 259 g/mol. The van der Waals surface area contributed by atoms with Gasteiger partial charge in [-0.15, -0.1) is 0 Å². The van der Waals surface area contributed by atoms with E-state index >= 15 is 0 Å². The maximum absolute atomic E-state index is 13.3. The number of halogens is 1. The van der Waals surface area contributed by atoms with Crippen molar-refractivity contribution < 1.29 is 9.13 Å². The average Bonchev–Trinajstić information content (AvgIpc) is 2.51. The molecule has 0 saturated carbocycles. The minimum absolute atomic E-state index is 0.149. The maximum Gasteiger partial charge on any atom is 0.146 e. The number of ether oxygens (including phenoxy) is 1. The standard InChI is InChI=1S/C10H12FNO.C6H6/c11-9-3-1-2-4-10(9)12-5-7-13-8-6-12;1-2-4-6-5-3-1/h1-4H,5-8H2;1-6H. The lowest BCUT2D eigenvalue weighted by Gasteiger charge is -2.28. The Morgan fingerprint density at radius 3 is 1.84 bits per heavy atom. The summed E-state index contributed by atoms with van der Waals surface area (Å²) >= 11 is 0. The first kappa shape index (κ1) is 13.6. The van der Waals surface area contributed by atoms with Crippen molar-refractivity contribution in [3.63, 3.8) is 0 Å². The van der Waals surface area contributed by atoms with E-state index in [0.717, 1.165) is 13.1 Å². The second-order valence-corrected chi connectivity index (χ2v) is 4.21. The molecule has 19 heavy (non-hydrogen) atoms. The van der Waals surface area contributed by atoms with Gasteiger partial charge in [0.25, 0.3) is 0 Å². The van der Waals surface area contributed by atoms with Crippen LogP contribution in [0.2, 0.25) is 0 Å². The molecule has 1 aliphatic rings. The van der Waals surface area contributed by atoms with Gasteiger partial charge in [0.2, 0.25) is 0 Å². The van der Waals surface area contributed by atoms with Gasteiger partial charge < -0.3 is 9.64 Å². The number of anilines is 1. The first-order valence-electron chi connectivity index (χ1n) is 6.45. The first-order chi connectivity index (χ1) is 9.38. The summed E-state index contributed by atoms with van der Waals surface area (Å²) < 4.78 is 18.5. The number of hydrogen-bond donors (Lipinski definition) is 0. The van der Waals surface area contributed by atoms with Crippen LogP contribution in [0.5, 0.6) is 0 Å². The highest BCUT2D eigenvalue weighted by Gasteiger charge is 2.13. The van der Waals surface area contributed by atoms with Crippen LogP contribution in [0.15, 0.2) is 60.7 Å². The van der Waals surface area contributed by atoms with Crippen molar-refractivity contribution in [3.05, 3.63) is 66.5 Å². The summed E-state index contributed by atoms with van der Waals surface area (Å²) in [5.74, 6) is -0.149. The summed E-state index contributed by atoms with van der Waals surface area (Å²) in [4.78, 5) is 2.01. The van der Waals surface area contributed by atoms with E-state index < -0.39 is 0 Å². The molecule has 0 unspecified atom stereocenters. The zero-order valence-electron chi connectivity index (χ0n) is 10.8. The summed E-state index contributed by atoms with van der Waals surface area (Å²) in [5.41, 5.74) is 0.686. The van der Waals surface area contributed by atoms with E-state index in [-0.39, 0.29) is 5.82 Å². The molecular formula is C16H18FNO. The molecule has 0 amide bonds. The first-order valence-corrected chi connectivity index (χ1v) is 6.45. The minimum Gasteiger partial charge on any atom is -0.378 e. The zero-order chi connectivity index (χ0) is 13.3. The van der Waals surface area contributed by atoms with Gasteiger partial charge in [0, 0.05) is 13.1 Å². The third-order valence-electron chi connectivity index (χ3n) is 2.87. The third kappa shape index (κ3) is 4.38. The lowest BCUT2D eigenvalue weighted by Crippen LogP contribution is -2.36. The Labute approximate surface area is 113 Å². The molecule has 2 aromatic carbocycles. The Morgan fingerprint density at radius 2 is 1.32 bits per heavy atom. The van der Waals surface area contributed by atoms with Gasteiger partial charge >= 0.3 is 0 Å². The number of para-hydroxylation sites is 1. The highest BCUT2D eigenvalue weighted by molar-refractivity contribution is 5.47. The van der Waals surface area contributed by atoms with Crippen LogP contribution in [-0.2, 0) is 4.74 Å². The number of nitrogens with zero attached hydrogens (tertiary/aromatic N) is 1. The smallest absolute Gasteiger partial charge is 0.146 e. The van der Waals surface area contributed by atoms with Gasteiger partial charge in [-0.05, 0) is 12.1 Å². The molecule has 0 aromatic heterocycles. The van der Waals surface area contributed by atoms with Crippen molar-refractivity contribution in [2.24, 2.45) is 0 Å². The van der Waals surface area contributed by atoms with Crippen molar-refractivity contribution in [1.82, 2.24) is 0 Å².